The van der Waals surface area contributed by atoms with E-state index in [-0.39, 0.29) is 24.0 Å². The molecule has 1 aliphatic heterocycles. The number of aliphatic imine (C=N–C) groups is 1. The maximum absolute atomic E-state index is 6.08. The van der Waals surface area contributed by atoms with Gasteiger partial charge in [-0.2, -0.15) is 0 Å². The fourth-order valence-electron chi connectivity index (χ4n) is 3.14. The van der Waals surface area contributed by atoms with E-state index in [0.29, 0.717) is 25.7 Å². The molecule has 28 heavy (non-hydrogen) atoms. The quantitative estimate of drug-likeness (QED) is 0.233. The average Bonchev–Trinajstić information content (AvgIpc) is 2.85. The highest BCUT2D eigenvalue weighted by Crippen LogP contribution is 2.29. The van der Waals surface area contributed by atoms with Crippen LogP contribution in [0.5, 0.6) is 11.5 Å². The van der Waals surface area contributed by atoms with Crippen molar-refractivity contribution in [3.05, 3.63) is 18.2 Å². The summed E-state index contributed by atoms with van der Waals surface area (Å²) in [5, 5.41) is 3.15. The Morgan fingerprint density at radius 3 is 2.68 bits per heavy atom. The summed E-state index contributed by atoms with van der Waals surface area (Å²) < 4.78 is 11.2. The summed E-state index contributed by atoms with van der Waals surface area (Å²) >= 11 is 0. The van der Waals surface area contributed by atoms with Gasteiger partial charge in [0.15, 0.2) is 5.96 Å². The van der Waals surface area contributed by atoms with Crippen LogP contribution < -0.4 is 20.5 Å². The number of nitrogens with two attached hydrogens (primary N) is 1. The topological polar surface area (TPSA) is 75.3 Å². The van der Waals surface area contributed by atoms with Gasteiger partial charge in [0.1, 0.15) is 11.5 Å². The van der Waals surface area contributed by atoms with E-state index in [1.54, 1.807) is 0 Å². The minimum absolute atomic E-state index is 0. The molecule has 1 aromatic rings. The number of halogens is 1. The summed E-state index contributed by atoms with van der Waals surface area (Å²) in [5.74, 6) is 1.93. The van der Waals surface area contributed by atoms with Crippen LogP contribution in [0.25, 0.3) is 0 Å². The second kappa shape index (κ2) is 13.8. The summed E-state index contributed by atoms with van der Waals surface area (Å²) in [5.41, 5.74) is 6.86. The van der Waals surface area contributed by atoms with Crippen molar-refractivity contribution in [2.75, 3.05) is 64.8 Å². The smallest absolute Gasteiger partial charge is 0.193 e. The van der Waals surface area contributed by atoms with E-state index in [0.717, 1.165) is 43.2 Å². The Bertz CT molecular complexity index is 600. The largest absolute Gasteiger partial charge is 0.494 e. The monoisotopic (exact) mass is 505 g/mol. The first kappa shape index (κ1) is 24.8. The van der Waals surface area contributed by atoms with Gasteiger partial charge < -0.3 is 30.3 Å². The van der Waals surface area contributed by atoms with E-state index in [1.807, 2.05) is 32.0 Å². The third kappa shape index (κ3) is 8.83. The zero-order chi connectivity index (χ0) is 19.5. The lowest BCUT2D eigenvalue weighted by atomic mass is 10.2. The average molecular weight is 505 g/mol. The Labute approximate surface area is 186 Å². The molecule has 7 nitrogen and oxygen atoms in total. The van der Waals surface area contributed by atoms with Crippen molar-refractivity contribution in [1.82, 2.24) is 9.80 Å². The number of hydrogen-bond acceptors (Lipinski definition) is 5. The minimum atomic E-state index is 0. The molecule has 0 unspecified atom stereocenters. The zero-order valence-electron chi connectivity index (χ0n) is 17.4. The van der Waals surface area contributed by atoms with Gasteiger partial charge in [-0.1, -0.05) is 0 Å². The van der Waals surface area contributed by atoms with Crippen LogP contribution in [0.15, 0.2) is 23.2 Å². The Hall–Kier alpha value is -1.26. The first-order valence-electron chi connectivity index (χ1n) is 9.99. The Balaban J connectivity index is 0.00000392. The number of benzene rings is 1. The molecule has 2 rings (SSSR count). The molecule has 8 heteroatoms. The first-order chi connectivity index (χ1) is 13.1. The van der Waals surface area contributed by atoms with Gasteiger partial charge >= 0.3 is 0 Å². The van der Waals surface area contributed by atoms with E-state index in [4.69, 9.17) is 15.2 Å². The minimum Gasteiger partial charge on any atom is -0.494 e. The van der Waals surface area contributed by atoms with Crippen LogP contribution in [-0.4, -0.2) is 75.3 Å². The Morgan fingerprint density at radius 2 is 1.93 bits per heavy atom. The number of guanidine groups is 1. The van der Waals surface area contributed by atoms with E-state index < -0.39 is 0 Å². The van der Waals surface area contributed by atoms with Gasteiger partial charge in [0.25, 0.3) is 0 Å². The van der Waals surface area contributed by atoms with Gasteiger partial charge in [-0.05, 0) is 65.5 Å². The van der Waals surface area contributed by atoms with Crippen molar-refractivity contribution in [3.8, 4) is 11.5 Å². The molecule has 1 aromatic carbocycles. The molecule has 1 heterocycles. The third-order valence-electron chi connectivity index (χ3n) is 4.55. The Morgan fingerprint density at radius 1 is 1.14 bits per heavy atom. The zero-order valence-corrected chi connectivity index (χ0v) is 19.8. The molecule has 0 saturated carbocycles. The molecule has 0 bridgehead atoms. The van der Waals surface area contributed by atoms with Crippen molar-refractivity contribution >= 4 is 35.6 Å². The van der Waals surface area contributed by atoms with Crippen molar-refractivity contribution < 1.29 is 9.47 Å². The summed E-state index contributed by atoms with van der Waals surface area (Å²) in [7, 11) is 2.19. The number of ether oxygens (including phenoxy) is 2. The second-order valence-electron chi connectivity index (χ2n) is 6.77. The standard InChI is InChI=1S/C20H35N5O2.HI/c1-4-26-17-8-9-19(27-5-2)18(16-17)23-20(21)22-10-6-12-25-13-7-11-24(3)14-15-25;/h8-9,16H,4-7,10-15H2,1-3H3,(H3,21,22,23);1H. The lowest BCUT2D eigenvalue weighted by Crippen LogP contribution is -2.30. The maximum Gasteiger partial charge on any atom is 0.193 e. The SMILES string of the molecule is CCOc1ccc(OCC)c(NC(N)=NCCCN2CCCN(C)CC2)c1.I. The Kier molecular flexibility index (Phi) is 12.2. The van der Waals surface area contributed by atoms with E-state index in [2.05, 4.69) is 27.2 Å². The number of hydrogen-bond donors (Lipinski definition) is 2. The molecule has 0 aromatic heterocycles. The normalized spacial score (nSPS) is 16.2. The molecule has 0 radical (unpaired) electrons. The summed E-state index contributed by atoms with van der Waals surface area (Å²) in [6, 6.07) is 5.68. The van der Waals surface area contributed by atoms with Gasteiger partial charge in [-0.25, -0.2) is 0 Å². The van der Waals surface area contributed by atoms with Gasteiger partial charge in [-0.15, -0.1) is 24.0 Å². The number of rotatable bonds is 9. The molecule has 0 amide bonds. The number of anilines is 1. The van der Waals surface area contributed by atoms with Crippen LogP contribution in [0.3, 0.4) is 0 Å². The van der Waals surface area contributed by atoms with Crippen LogP contribution in [-0.2, 0) is 0 Å². The van der Waals surface area contributed by atoms with E-state index >= 15 is 0 Å². The van der Waals surface area contributed by atoms with Crippen LogP contribution >= 0.6 is 24.0 Å². The van der Waals surface area contributed by atoms with Crippen LogP contribution in [0.2, 0.25) is 0 Å². The summed E-state index contributed by atoms with van der Waals surface area (Å²) in [6.45, 7) is 11.5. The van der Waals surface area contributed by atoms with Crippen molar-refractivity contribution in [2.24, 2.45) is 10.7 Å². The molecule has 1 fully saturated rings. The van der Waals surface area contributed by atoms with E-state index in [1.165, 1.54) is 19.5 Å². The highest BCUT2D eigenvalue weighted by atomic mass is 127. The predicted octanol–water partition coefficient (Wildman–Crippen LogP) is 2.86. The lowest BCUT2D eigenvalue weighted by Gasteiger charge is -2.19. The number of nitrogens with zero attached hydrogens (tertiary/aromatic N) is 3. The van der Waals surface area contributed by atoms with Crippen molar-refractivity contribution in [3.63, 3.8) is 0 Å². The molecule has 1 saturated heterocycles. The van der Waals surface area contributed by atoms with Crippen LogP contribution in [0.4, 0.5) is 5.69 Å². The predicted molar refractivity (Wildman–Crippen MR) is 127 cm³/mol. The molecular formula is C20H36IN5O2. The molecular weight excluding hydrogens is 469 g/mol. The van der Waals surface area contributed by atoms with Gasteiger partial charge in [0.05, 0.1) is 18.9 Å². The fraction of sp³-hybridized carbons (Fsp3) is 0.650. The highest BCUT2D eigenvalue weighted by Gasteiger charge is 2.11. The number of nitrogens with one attached hydrogen (secondary N) is 1. The number of likely N-dealkylation sites (N-methyl/N-ethyl adjacent to an activating group) is 1. The van der Waals surface area contributed by atoms with Gasteiger partial charge in [0.2, 0.25) is 0 Å². The first-order valence-corrected chi connectivity index (χ1v) is 9.99. The van der Waals surface area contributed by atoms with Gasteiger partial charge in [-0.3, -0.25) is 4.99 Å². The third-order valence-corrected chi connectivity index (χ3v) is 4.55. The molecule has 0 spiro atoms. The van der Waals surface area contributed by atoms with Crippen LogP contribution in [0.1, 0.15) is 26.7 Å². The molecule has 160 valence electrons. The molecule has 0 atom stereocenters. The fourth-order valence-corrected chi connectivity index (χ4v) is 3.14. The van der Waals surface area contributed by atoms with Crippen molar-refractivity contribution in [2.45, 2.75) is 26.7 Å². The highest BCUT2D eigenvalue weighted by molar-refractivity contribution is 14.0. The lowest BCUT2D eigenvalue weighted by molar-refractivity contribution is 0.275. The van der Waals surface area contributed by atoms with Crippen LogP contribution in [0, 0.1) is 0 Å². The van der Waals surface area contributed by atoms with Gasteiger partial charge in [0, 0.05) is 25.7 Å². The molecule has 1 aliphatic rings. The summed E-state index contributed by atoms with van der Waals surface area (Å²) in [4.78, 5) is 9.38. The maximum atomic E-state index is 6.08. The summed E-state index contributed by atoms with van der Waals surface area (Å²) in [6.07, 6.45) is 2.24. The molecule has 0 aliphatic carbocycles. The van der Waals surface area contributed by atoms with Crippen molar-refractivity contribution in [1.29, 1.82) is 0 Å². The van der Waals surface area contributed by atoms with E-state index in [9.17, 15) is 0 Å². The second-order valence-corrected chi connectivity index (χ2v) is 6.77. The molecule has 3 N–H and O–H groups in total.